The highest BCUT2D eigenvalue weighted by atomic mass is 32.2. The molecule has 1 amide bonds. The summed E-state index contributed by atoms with van der Waals surface area (Å²) in [4.78, 5) is 36.1. The summed E-state index contributed by atoms with van der Waals surface area (Å²) in [5, 5.41) is 17.2. The lowest BCUT2D eigenvalue weighted by molar-refractivity contribution is -0.384. The van der Waals surface area contributed by atoms with Gasteiger partial charge in [0.25, 0.3) is 11.6 Å². The van der Waals surface area contributed by atoms with Crippen LogP contribution in [0.4, 0.5) is 17.1 Å². The topological polar surface area (TPSA) is 166 Å². The molecule has 1 saturated heterocycles. The first kappa shape index (κ1) is 29.8. The zero-order valence-electron chi connectivity index (χ0n) is 22.1. The van der Waals surface area contributed by atoms with Crippen LogP contribution < -0.4 is 15.4 Å². The Hall–Kier alpha value is -3.75. The average Bonchev–Trinajstić information content (AvgIpc) is 2.90. The standard InChI is InChI=1S/C25H32N4O9S/c1-16(2)24(25(31)38-15-23(30)26-20-13-17(3)5-8-22(20)36-4)27-19-7-6-18(14-21(19)29(32)33)39(34,35)28-9-11-37-12-10-28/h5-8,13-14,16,24,27H,9-12,15H2,1-4H3,(H,26,30)/t24-/m0/s1. The maximum Gasteiger partial charge on any atom is 0.329 e. The number of morpholine rings is 1. The van der Waals surface area contributed by atoms with E-state index >= 15 is 0 Å². The summed E-state index contributed by atoms with van der Waals surface area (Å²) in [6.45, 7) is 5.38. The number of anilines is 2. The summed E-state index contributed by atoms with van der Waals surface area (Å²) in [5.74, 6) is -1.36. The highest BCUT2D eigenvalue weighted by molar-refractivity contribution is 7.89. The molecule has 1 atom stereocenters. The van der Waals surface area contributed by atoms with Gasteiger partial charge in [0.1, 0.15) is 17.5 Å². The van der Waals surface area contributed by atoms with Gasteiger partial charge < -0.3 is 24.8 Å². The minimum atomic E-state index is -3.97. The number of rotatable bonds is 11. The Morgan fingerprint density at radius 1 is 1.13 bits per heavy atom. The number of carbonyl (C=O) groups is 2. The second kappa shape index (κ2) is 12.9. The molecular weight excluding hydrogens is 532 g/mol. The molecule has 2 aromatic rings. The Balaban J connectivity index is 1.73. The molecule has 0 unspecified atom stereocenters. The molecule has 0 radical (unpaired) electrons. The van der Waals surface area contributed by atoms with Gasteiger partial charge in [-0.25, -0.2) is 13.2 Å². The fourth-order valence-electron chi connectivity index (χ4n) is 3.88. The lowest BCUT2D eigenvalue weighted by atomic mass is 10.0. The summed E-state index contributed by atoms with van der Waals surface area (Å²) in [6, 6.07) is 7.59. The van der Waals surface area contributed by atoms with Crippen molar-refractivity contribution in [3.63, 3.8) is 0 Å². The third-order valence-corrected chi connectivity index (χ3v) is 7.87. The second-order valence-corrected chi connectivity index (χ2v) is 11.1. The molecule has 1 aliphatic rings. The lowest BCUT2D eigenvalue weighted by Crippen LogP contribution is -2.40. The molecule has 0 aliphatic carbocycles. The fraction of sp³-hybridized carbons (Fsp3) is 0.440. The van der Waals surface area contributed by atoms with Crippen LogP contribution in [0.25, 0.3) is 0 Å². The van der Waals surface area contributed by atoms with E-state index in [2.05, 4.69) is 10.6 Å². The number of nitro groups is 1. The molecule has 2 aromatic carbocycles. The van der Waals surface area contributed by atoms with Gasteiger partial charge in [0.2, 0.25) is 10.0 Å². The number of esters is 1. The van der Waals surface area contributed by atoms with Crippen molar-refractivity contribution in [1.82, 2.24) is 4.31 Å². The third-order valence-electron chi connectivity index (χ3n) is 5.98. The number of nitro benzene ring substituents is 1. The van der Waals surface area contributed by atoms with Gasteiger partial charge >= 0.3 is 5.97 Å². The van der Waals surface area contributed by atoms with E-state index in [9.17, 15) is 28.1 Å². The first-order chi connectivity index (χ1) is 18.4. The van der Waals surface area contributed by atoms with Crippen molar-refractivity contribution in [3.8, 4) is 5.75 Å². The Morgan fingerprint density at radius 2 is 1.82 bits per heavy atom. The molecule has 0 aromatic heterocycles. The monoisotopic (exact) mass is 564 g/mol. The van der Waals surface area contributed by atoms with Crippen LogP contribution in [0.1, 0.15) is 19.4 Å². The van der Waals surface area contributed by atoms with Crippen LogP contribution in [0.2, 0.25) is 0 Å². The van der Waals surface area contributed by atoms with E-state index in [-0.39, 0.29) is 36.9 Å². The van der Waals surface area contributed by atoms with E-state index in [1.165, 1.54) is 23.5 Å². The highest BCUT2D eigenvalue weighted by Crippen LogP contribution is 2.31. The van der Waals surface area contributed by atoms with E-state index in [0.717, 1.165) is 11.6 Å². The summed E-state index contributed by atoms with van der Waals surface area (Å²) in [6.07, 6.45) is 0. The number of benzene rings is 2. The van der Waals surface area contributed by atoms with Crippen LogP contribution in [-0.4, -0.2) is 75.6 Å². The van der Waals surface area contributed by atoms with Gasteiger partial charge in [-0.15, -0.1) is 0 Å². The normalized spacial score (nSPS) is 14.9. The van der Waals surface area contributed by atoms with Gasteiger partial charge in [0.15, 0.2) is 6.61 Å². The Bertz CT molecular complexity index is 1320. The van der Waals surface area contributed by atoms with Crippen LogP contribution >= 0.6 is 0 Å². The van der Waals surface area contributed by atoms with Gasteiger partial charge in [-0.3, -0.25) is 14.9 Å². The first-order valence-corrected chi connectivity index (χ1v) is 13.6. The maximum absolute atomic E-state index is 13.0. The number of sulfonamides is 1. The van der Waals surface area contributed by atoms with E-state index in [0.29, 0.717) is 11.4 Å². The highest BCUT2D eigenvalue weighted by Gasteiger charge is 2.31. The summed E-state index contributed by atoms with van der Waals surface area (Å²) < 4.78 is 42.7. The van der Waals surface area contributed by atoms with Crippen molar-refractivity contribution in [1.29, 1.82) is 0 Å². The molecule has 1 aliphatic heterocycles. The average molecular weight is 565 g/mol. The lowest BCUT2D eigenvalue weighted by Gasteiger charge is -2.26. The van der Waals surface area contributed by atoms with E-state index < -0.39 is 51.1 Å². The quantitative estimate of drug-likeness (QED) is 0.235. The molecule has 14 heteroatoms. The fourth-order valence-corrected chi connectivity index (χ4v) is 5.31. The van der Waals surface area contributed by atoms with E-state index in [4.69, 9.17) is 14.2 Å². The van der Waals surface area contributed by atoms with Gasteiger partial charge in [-0.05, 0) is 42.7 Å². The molecule has 1 fully saturated rings. The molecule has 1 heterocycles. The molecule has 3 rings (SSSR count). The van der Waals surface area contributed by atoms with E-state index in [1.54, 1.807) is 26.0 Å². The van der Waals surface area contributed by atoms with Crippen LogP contribution in [0.3, 0.4) is 0 Å². The zero-order chi connectivity index (χ0) is 28.7. The van der Waals surface area contributed by atoms with Crippen molar-refractivity contribution < 1.29 is 37.1 Å². The number of ether oxygens (including phenoxy) is 3. The minimum Gasteiger partial charge on any atom is -0.495 e. The van der Waals surface area contributed by atoms with Gasteiger partial charge in [-0.2, -0.15) is 4.31 Å². The number of amides is 1. The Labute approximate surface area is 226 Å². The van der Waals surface area contributed by atoms with Gasteiger partial charge in [0.05, 0.1) is 35.8 Å². The zero-order valence-corrected chi connectivity index (χ0v) is 22.9. The van der Waals surface area contributed by atoms with E-state index in [1.807, 2.05) is 13.0 Å². The van der Waals surface area contributed by atoms with Crippen LogP contribution in [0, 0.1) is 23.0 Å². The number of aryl methyl sites for hydroxylation is 1. The number of hydrogen-bond acceptors (Lipinski definition) is 10. The molecule has 0 bridgehead atoms. The molecule has 0 saturated carbocycles. The third kappa shape index (κ3) is 7.43. The first-order valence-electron chi connectivity index (χ1n) is 12.2. The number of carbonyl (C=O) groups excluding carboxylic acids is 2. The summed E-state index contributed by atoms with van der Waals surface area (Å²) in [5.41, 5.74) is 0.718. The number of nitrogens with one attached hydrogen (secondary N) is 2. The summed E-state index contributed by atoms with van der Waals surface area (Å²) >= 11 is 0. The molecule has 0 spiro atoms. The Kier molecular flexibility index (Phi) is 9.83. The van der Waals surface area contributed by atoms with Crippen molar-refractivity contribution in [3.05, 3.63) is 52.1 Å². The second-order valence-electron chi connectivity index (χ2n) is 9.18. The van der Waals surface area contributed by atoms with Gasteiger partial charge in [-0.1, -0.05) is 19.9 Å². The number of nitrogens with zero attached hydrogens (tertiary/aromatic N) is 2. The summed E-state index contributed by atoms with van der Waals surface area (Å²) in [7, 11) is -2.51. The SMILES string of the molecule is COc1ccc(C)cc1NC(=O)COC(=O)[C@@H](Nc1ccc(S(=O)(=O)N2CCOCC2)cc1[N+](=O)[O-])C(C)C. The largest absolute Gasteiger partial charge is 0.495 e. The molecule has 39 heavy (non-hydrogen) atoms. The predicted molar refractivity (Wildman–Crippen MR) is 142 cm³/mol. The van der Waals surface area contributed by atoms with Crippen molar-refractivity contribution in [2.45, 2.75) is 31.7 Å². The Morgan fingerprint density at radius 3 is 2.44 bits per heavy atom. The minimum absolute atomic E-state index is 0.0643. The molecule has 2 N–H and O–H groups in total. The predicted octanol–water partition coefficient (Wildman–Crippen LogP) is 2.55. The van der Waals surface area contributed by atoms with Crippen molar-refractivity contribution in [2.24, 2.45) is 5.92 Å². The smallest absolute Gasteiger partial charge is 0.329 e. The molecule has 212 valence electrons. The van der Waals surface area contributed by atoms with Crippen LogP contribution in [0.15, 0.2) is 41.3 Å². The number of hydrogen-bond donors (Lipinski definition) is 2. The molecular formula is C25H32N4O9S. The van der Waals surface area contributed by atoms with Crippen LogP contribution in [-0.2, 0) is 29.1 Å². The van der Waals surface area contributed by atoms with Gasteiger partial charge in [0, 0.05) is 19.2 Å². The molecule has 13 nitrogen and oxygen atoms in total. The van der Waals surface area contributed by atoms with Crippen molar-refractivity contribution in [2.75, 3.05) is 50.7 Å². The maximum atomic E-state index is 13.0. The number of methoxy groups -OCH3 is 1. The van der Waals surface area contributed by atoms with Crippen molar-refractivity contribution >= 4 is 39.0 Å². The van der Waals surface area contributed by atoms with Crippen LogP contribution in [0.5, 0.6) is 5.75 Å².